The molecule has 84 heteroatoms. The van der Waals surface area contributed by atoms with Crippen molar-refractivity contribution in [2.75, 3.05) is 0 Å². The molecule has 0 amide bonds. The van der Waals surface area contributed by atoms with E-state index in [0.29, 0.717) is 0 Å². The van der Waals surface area contributed by atoms with Gasteiger partial charge in [-0.2, -0.15) is 0 Å². The van der Waals surface area contributed by atoms with Crippen molar-refractivity contribution >= 4 is 0 Å². The molecule has 0 aromatic heterocycles. The van der Waals surface area contributed by atoms with Crippen molar-refractivity contribution in [1.29, 1.82) is 0 Å². The van der Waals surface area contributed by atoms with Crippen LogP contribution in [0.5, 0.6) is 0 Å². The van der Waals surface area contributed by atoms with Gasteiger partial charge in [-0.05, 0) is 0 Å². The molecule has 0 rings (SSSR count). The topological polar surface area (TPSA) is 0 Å². The Bertz CT molecular complexity index is 0. The summed E-state index contributed by atoms with van der Waals surface area (Å²) in [6.45, 7) is 0. The molecule has 0 atom stereocenters. The monoisotopic (exact) mass is 7470 g/mol. The van der Waals surface area contributed by atoms with Crippen molar-refractivity contribution in [3.63, 3.8) is 0 Å². The maximum Gasteiger partial charge on any atom is 0 e. The molecule has 0 aliphatic heterocycles. The molecule has 0 heterocycles. The van der Waals surface area contributed by atoms with Gasteiger partial charge in [-0.1, -0.05) is 0 Å². The van der Waals surface area contributed by atoms with Crippen LogP contribution in [0.4, 0.5) is 0 Å². The molecular weight excluding hydrogens is 7470 g/mol. The van der Waals surface area contributed by atoms with E-state index in [-0.39, 0.29) is 2750 Å². The summed E-state index contributed by atoms with van der Waals surface area (Å²) in [7, 11) is 0. The summed E-state index contributed by atoms with van der Waals surface area (Å²) in [4.78, 5) is 0. The van der Waals surface area contributed by atoms with Crippen molar-refractivity contribution in [1.82, 2.24) is 0 Å². The Morgan fingerprint density at radius 3 is 0.0119 bits per heavy atom. The molecule has 0 fully saturated rings. The normalized spacial score (nSPS) is 0. The second kappa shape index (κ2) is 624. The van der Waals surface area contributed by atoms with Crippen LogP contribution < -0.4 is 0 Å². The van der Waals surface area contributed by atoms with Crippen LogP contribution in [0.15, 0.2) is 0 Å². The Labute approximate surface area is 2640 Å². The van der Waals surface area contributed by atoms with E-state index < -0.39 is 0 Å². The Morgan fingerprint density at radius 2 is 0.0119 bits per heavy atom. The third kappa shape index (κ3) is 613. The van der Waals surface area contributed by atoms with E-state index in [2.05, 4.69) is 0 Å². The van der Waals surface area contributed by atoms with Crippen molar-refractivity contribution in [3.8, 4) is 0 Å². The largest absolute Gasteiger partial charge is 0 e. The first kappa shape index (κ1) is 635. The fourth-order valence-electron chi connectivity index (χ4n) is 0. The Balaban J connectivity index is 0. The zero-order valence-electron chi connectivity index (χ0n) is 48.5. The average molecular weight is 7470 g/mol. The molecule has 0 spiro atoms. The quantitative estimate of drug-likeness (QED) is 0.316. The zero-order chi connectivity index (χ0) is 0. The van der Waals surface area contributed by atoms with Crippen LogP contribution in [0.2, 0.25) is 0 Å². The van der Waals surface area contributed by atoms with Gasteiger partial charge in [0.05, 0.1) is 0 Å². The Kier molecular flexibility index (Phi) is 4710. The van der Waals surface area contributed by atoms with Crippen molar-refractivity contribution in [2.24, 2.45) is 0 Å². The molecule has 0 saturated carbocycles. The van der Waals surface area contributed by atoms with Crippen molar-refractivity contribution in [2.45, 2.75) is 0 Å². The summed E-state index contributed by atoms with van der Waals surface area (Å²) in [5, 5.41) is 0. The molecule has 0 aromatic carbocycles. The maximum absolute atomic E-state index is 0. The minimum absolute atomic E-state index is 0. The minimum Gasteiger partial charge on any atom is 0 e. The van der Waals surface area contributed by atoms with Gasteiger partial charge >= 0.3 is 0 Å². The summed E-state index contributed by atoms with van der Waals surface area (Å²) in [5.74, 6) is 0. The molecule has 252 valence electrons. The smallest absolute Gasteiger partial charge is 0 e. The number of rotatable bonds is 0. The second-order valence-corrected chi connectivity index (χ2v) is 0. The van der Waals surface area contributed by atoms with Crippen LogP contribution in [-0.2, 0) is 2750 Å². The first-order chi connectivity index (χ1) is 0. The fraction of sp³-hybridized carbons (Fsp3) is 0. The second-order valence-electron chi connectivity index (χ2n) is 0. The summed E-state index contributed by atoms with van der Waals surface area (Å²) in [6.07, 6.45) is 0. The van der Waals surface area contributed by atoms with Crippen LogP contribution >= 0.6 is 0 Å². The van der Waals surface area contributed by atoms with Gasteiger partial charge in [0.2, 0.25) is 0 Å². The van der Waals surface area contributed by atoms with Gasteiger partial charge in [-0.3, -0.25) is 0 Å². The number of hydrogen-bond donors (Lipinski definition) is 0. The summed E-state index contributed by atoms with van der Waals surface area (Å²) >= 11 is 0. The van der Waals surface area contributed by atoms with Gasteiger partial charge in [0.25, 0.3) is 0 Å². The van der Waals surface area contributed by atoms with Gasteiger partial charge in [0.15, 0.2) is 0 Å². The van der Waals surface area contributed by atoms with E-state index in [0.717, 1.165) is 0 Å². The molecule has 0 aliphatic carbocycles. The maximum atomic E-state index is 0. The third-order valence-corrected chi connectivity index (χ3v) is 0. The molecule has 0 N–H and O–H groups in total. The molecule has 0 saturated heterocycles. The van der Waals surface area contributed by atoms with Gasteiger partial charge in [0, 0.05) is 2750 Å². The summed E-state index contributed by atoms with van der Waals surface area (Å²) in [5.41, 5.74) is 0. The predicted octanol–water partition coefficient (Wildman–Crippen LogP) is -0.210. The zero-order valence-corrected chi connectivity index (χ0v) is 287. The van der Waals surface area contributed by atoms with Crippen molar-refractivity contribution < 1.29 is 2750 Å². The first-order valence-electron chi connectivity index (χ1n) is 0. The Morgan fingerprint density at radius 1 is 0.0119 bits per heavy atom. The molecule has 84 radical (unpaired) electrons. The van der Waals surface area contributed by atoms with E-state index in [1.54, 1.807) is 0 Å². The molecule has 0 unspecified atom stereocenters. The van der Waals surface area contributed by atoms with E-state index in [1.807, 2.05) is 0 Å². The SMILES string of the molecule is [Y].[Y].[Y].[Y].[Y].[Y].[Y].[Y].[Y].[Y].[Y].[Y].[Y].[Y].[Y].[Y].[Y].[Y].[Y].[Y].[Y].[Y].[Y].[Y].[Y].[Y].[Y].[Y].[Y].[Y].[Y].[Y].[Y].[Y].[Y].[Y].[Y].[Y].[Y].[Y].[Y].[Y].[Y].[Y].[Y].[Y].[Y].[Y].[Y].[Y].[Y].[Y].[Y].[Y].[Y].[Y].[Y].[Y].[Y].[Y].[Y].[Y].[Y].[Y].[Y].[Y].[Y].[Y].[Y].[Y].[Y].[Y].[Y].[Y].[Y].[Y].[Y].[Y].[Y].[Y].[Y].[Y].[Y].[Y]. The van der Waals surface area contributed by atoms with Gasteiger partial charge in [0.1, 0.15) is 0 Å². The minimum atomic E-state index is 0. The molecule has 84 heavy (non-hydrogen) atoms. The fourth-order valence-corrected chi connectivity index (χ4v) is 0. The third-order valence-electron chi connectivity index (χ3n) is 0. The van der Waals surface area contributed by atoms with Crippen LogP contribution in [0.1, 0.15) is 0 Å². The first-order valence-corrected chi connectivity index (χ1v) is 0. The van der Waals surface area contributed by atoms with Crippen LogP contribution in [0, 0.1) is 0 Å². The Hall–Kier alpha value is 92.7. The molecule has 0 aliphatic rings. The number of hydrogen-bond acceptors (Lipinski definition) is 0. The van der Waals surface area contributed by atoms with Gasteiger partial charge < -0.3 is 0 Å². The van der Waals surface area contributed by atoms with Crippen molar-refractivity contribution in [3.05, 3.63) is 0 Å². The van der Waals surface area contributed by atoms with Crippen LogP contribution in [0.25, 0.3) is 0 Å². The van der Waals surface area contributed by atoms with E-state index in [4.69, 9.17) is 0 Å². The average Bonchev–Trinajstić information content (AvgIpc) is 0. The molecule has 0 nitrogen and oxygen atoms in total. The molecule has 0 aromatic rings. The van der Waals surface area contributed by atoms with E-state index >= 15 is 0 Å². The van der Waals surface area contributed by atoms with E-state index in [1.165, 1.54) is 0 Å². The van der Waals surface area contributed by atoms with Gasteiger partial charge in [-0.15, -0.1) is 0 Å². The van der Waals surface area contributed by atoms with E-state index in [9.17, 15) is 0 Å². The molecular formula is Y84. The predicted molar refractivity (Wildman–Crippen MR) is 0 cm³/mol. The summed E-state index contributed by atoms with van der Waals surface area (Å²) < 4.78 is 0. The molecule has 0 bridgehead atoms. The van der Waals surface area contributed by atoms with Crippen LogP contribution in [0.3, 0.4) is 0 Å². The van der Waals surface area contributed by atoms with Gasteiger partial charge in [-0.25, -0.2) is 0 Å². The van der Waals surface area contributed by atoms with Crippen LogP contribution in [-0.4, -0.2) is 0 Å². The standard InChI is InChI=1S/84Y. The summed E-state index contributed by atoms with van der Waals surface area (Å²) in [6, 6.07) is 0.